The van der Waals surface area contributed by atoms with Gasteiger partial charge in [-0.15, -0.1) is 0 Å². The van der Waals surface area contributed by atoms with Crippen molar-refractivity contribution in [2.75, 3.05) is 32.8 Å². The summed E-state index contributed by atoms with van der Waals surface area (Å²) in [6, 6.07) is 0.373. The van der Waals surface area contributed by atoms with E-state index >= 15 is 0 Å². The zero-order valence-electron chi connectivity index (χ0n) is 13.7. The number of hydrogen-bond acceptors (Lipinski definition) is 4. The highest BCUT2D eigenvalue weighted by atomic mass is 16.5. The Labute approximate surface area is 131 Å². The van der Waals surface area contributed by atoms with Gasteiger partial charge in [0.15, 0.2) is 0 Å². The van der Waals surface area contributed by atoms with Gasteiger partial charge in [-0.2, -0.15) is 0 Å². The molecule has 1 saturated heterocycles. The van der Waals surface area contributed by atoms with Crippen LogP contribution in [0.5, 0.6) is 0 Å². The molecule has 0 bridgehead atoms. The maximum absolute atomic E-state index is 12.1. The van der Waals surface area contributed by atoms with Crippen molar-refractivity contribution >= 4 is 12.0 Å². The average Bonchev–Trinajstić information content (AvgIpc) is 2.37. The van der Waals surface area contributed by atoms with E-state index in [-0.39, 0.29) is 30.3 Å². The first-order valence-electron chi connectivity index (χ1n) is 8.02. The quantitative estimate of drug-likeness (QED) is 0.724. The van der Waals surface area contributed by atoms with Crippen LogP contribution in [0.3, 0.4) is 0 Å². The highest BCUT2D eigenvalue weighted by Gasteiger charge is 2.43. The zero-order valence-corrected chi connectivity index (χ0v) is 13.7. The summed E-state index contributed by atoms with van der Waals surface area (Å²) in [7, 11) is 0. The van der Waals surface area contributed by atoms with Gasteiger partial charge in [0.25, 0.3) is 0 Å². The maximum Gasteiger partial charge on any atom is 0.317 e. The van der Waals surface area contributed by atoms with Gasteiger partial charge in [-0.1, -0.05) is 6.92 Å². The molecule has 0 spiro atoms. The fourth-order valence-corrected chi connectivity index (χ4v) is 3.29. The summed E-state index contributed by atoms with van der Waals surface area (Å²) >= 11 is 0. The lowest BCUT2D eigenvalue weighted by Crippen LogP contribution is -2.66. The summed E-state index contributed by atoms with van der Waals surface area (Å²) in [6.07, 6.45) is 1.65. The Bertz CT molecular complexity index is 417. The van der Waals surface area contributed by atoms with Crippen molar-refractivity contribution in [1.82, 2.24) is 15.1 Å². The Morgan fingerprint density at radius 2 is 2.00 bits per heavy atom. The molecular formula is C15H27N3O4. The maximum atomic E-state index is 12.1. The Morgan fingerprint density at radius 1 is 1.36 bits per heavy atom. The largest absolute Gasteiger partial charge is 0.480 e. The molecule has 0 radical (unpaired) electrons. The van der Waals surface area contributed by atoms with E-state index in [0.717, 1.165) is 19.4 Å². The van der Waals surface area contributed by atoms with E-state index in [1.54, 1.807) is 4.90 Å². The number of carboxylic acids is 1. The third-order valence-corrected chi connectivity index (χ3v) is 4.53. The van der Waals surface area contributed by atoms with Gasteiger partial charge in [0, 0.05) is 18.7 Å². The van der Waals surface area contributed by atoms with Crippen LogP contribution in [0.1, 0.15) is 33.6 Å². The van der Waals surface area contributed by atoms with Crippen molar-refractivity contribution in [2.45, 2.75) is 51.3 Å². The highest BCUT2D eigenvalue weighted by Crippen LogP contribution is 2.28. The fraction of sp³-hybridized carbons (Fsp3) is 0.867. The predicted molar refractivity (Wildman–Crippen MR) is 81.8 cm³/mol. The number of nitrogens with zero attached hydrogens (tertiary/aromatic N) is 2. The lowest BCUT2D eigenvalue weighted by atomic mass is 9.85. The van der Waals surface area contributed by atoms with Crippen LogP contribution in [0.2, 0.25) is 0 Å². The summed E-state index contributed by atoms with van der Waals surface area (Å²) in [5.74, 6) is -0.801. The summed E-state index contributed by atoms with van der Waals surface area (Å²) in [6.45, 7) is 8.64. The van der Waals surface area contributed by atoms with Crippen LogP contribution in [0, 0.1) is 0 Å². The van der Waals surface area contributed by atoms with Crippen molar-refractivity contribution < 1.29 is 19.4 Å². The molecule has 7 nitrogen and oxygen atoms in total. The molecular weight excluding hydrogens is 286 g/mol. The van der Waals surface area contributed by atoms with Crippen LogP contribution in [0.15, 0.2) is 0 Å². The molecule has 0 aromatic rings. The molecule has 0 unspecified atom stereocenters. The Hall–Kier alpha value is -1.34. The van der Waals surface area contributed by atoms with E-state index in [9.17, 15) is 9.59 Å². The molecule has 2 rings (SSSR count). The molecule has 0 aromatic heterocycles. The lowest BCUT2D eigenvalue weighted by molar-refractivity contribution is -0.139. The number of amides is 2. The van der Waals surface area contributed by atoms with Crippen LogP contribution < -0.4 is 5.32 Å². The number of ether oxygens (including phenoxy) is 1. The van der Waals surface area contributed by atoms with Gasteiger partial charge >= 0.3 is 12.0 Å². The number of carbonyl (C=O) groups excluding carboxylic acids is 1. The normalized spacial score (nSPS) is 26.3. The topological polar surface area (TPSA) is 82.1 Å². The number of carboxylic acid groups (broad SMARTS) is 1. The van der Waals surface area contributed by atoms with Gasteiger partial charge in [0.05, 0.1) is 19.6 Å². The molecule has 7 heteroatoms. The average molecular weight is 313 g/mol. The predicted octanol–water partition coefficient (Wildman–Crippen LogP) is 0.744. The zero-order chi connectivity index (χ0) is 16.3. The van der Waals surface area contributed by atoms with Gasteiger partial charge < -0.3 is 20.1 Å². The van der Waals surface area contributed by atoms with Crippen LogP contribution >= 0.6 is 0 Å². The van der Waals surface area contributed by atoms with E-state index in [2.05, 4.69) is 5.32 Å². The van der Waals surface area contributed by atoms with Crippen molar-refractivity contribution in [1.29, 1.82) is 0 Å². The monoisotopic (exact) mass is 313 g/mol. The van der Waals surface area contributed by atoms with E-state index < -0.39 is 5.97 Å². The molecule has 2 aliphatic rings. The fourth-order valence-electron chi connectivity index (χ4n) is 3.29. The van der Waals surface area contributed by atoms with Crippen molar-refractivity contribution in [3.63, 3.8) is 0 Å². The molecule has 0 atom stereocenters. The number of likely N-dealkylation sites (tertiary alicyclic amines) is 1. The lowest BCUT2D eigenvalue weighted by Gasteiger charge is -2.49. The molecule has 2 amide bonds. The Kier molecular flexibility index (Phi) is 5.28. The molecule has 1 heterocycles. The number of carbonyl (C=O) groups is 2. The third-order valence-electron chi connectivity index (χ3n) is 4.53. The summed E-state index contributed by atoms with van der Waals surface area (Å²) in [5.41, 5.74) is -0.200. The number of hydrogen-bond donors (Lipinski definition) is 2. The minimum atomic E-state index is -0.801. The smallest absolute Gasteiger partial charge is 0.317 e. The molecule has 22 heavy (non-hydrogen) atoms. The minimum absolute atomic E-state index is 0.0399. The molecule has 1 saturated carbocycles. The first-order chi connectivity index (χ1) is 10.4. The van der Waals surface area contributed by atoms with Gasteiger partial charge in [0.1, 0.15) is 5.60 Å². The van der Waals surface area contributed by atoms with E-state index in [0.29, 0.717) is 19.7 Å². The van der Waals surface area contributed by atoms with Gasteiger partial charge in [-0.05, 0) is 33.2 Å². The molecule has 0 aromatic carbocycles. The van der Waals surface area contributed by atoms with Crippen LogP contribution in [0.25, 0.3) is 0 Å². The van der Waals surface area contributed by atoms with E-state index in [1.807, 2.05) is 25.7 Å². The minimum Gasteiger partial charge on any atom is -0.480 e. The standard InChI is InChI=1S/C15H27N3O4/c1-4-17(8-13(19)20)12-6-11(7-12)16-14(21)18-9-15(3,10-18)22-5-2/h11-12H,4-10H2,1-3H3,(H,16,21)(H,19,20). The van der Waals surface area contributed by atoms with Crippen molar-refractivity contribution in [2.24, 2.45) is 0 Å². The Morgan fingerprint density at radius 3 is 2.50 bits per heavy atom. The highest BCUT2D eigenvalue weighted by molar-refractivity contribution is 5.76. The number of aliphatic carboxylic acids is 1. The molecule has 1 aliphatic carbocycles. The molecule has 1 aliphatic heterocycles. The SMILES string of the molecule is CCOC1(C)CN(C(=O)NC2CC(N(CC)CC(=O)O)C2)C1. The van der Waals surface area contributed by atoms with E-state index in [1.165, 1.54) is 0 Å². The second kappa shape index (κ2) is 6.83. The second-order valence-electron chi connectivity index (χ2n) is 6.47. The summed E-state index contributed by atoms with van der Waals surface area (Å²) < 4.78 is 5.61. The van der Waals surface area contributed by atoms with Gasteiger partial charge in [-0.3, -0.25) is 9.69 Å². The summed E-state index contributed by atoms with van der Waals surface area (Å²) in [4.78, 5) is 26.6. The molecule has 2 fully saturated rings. The van der Waals surface area contributed by atoms with Crippen LogP contribution in [-0.2, 0) is 9.53 Å². The number of nitrogens with one attached hydrogen (secondary N) is 1. The van der Waals surface area contributed by atoms with E-state index in [4.69, 9.17) is 9.84 Å². The number of likely N-dealkylation sites (N-methyl/N-ethyl adjacent to an activating group) is 1. The van der Waals surface area contributed by atoms with Crippen molar-refractivity contribution in [3.8, 4) is 0 Å². The second-order valence-corrected chi connectivity index (χ2v) is 6.47. The van der Waals surface area contributed by atoms with Crippen molar-refractivity contribution in [3.05, 3.63) is 0 Å². The summed E-state index contributed by atoms with van der Waals surface area (Å²) in [5, 5.41) is 11.9. The Balaban J connectivity index is 1.68. The van der Waals surface area contributed by atoms with Gasteiger partial charge in [-0.25, -0.2) is 4.79 Å². The molecule has 126 valence electrons. The first kappa shape index (κ1) is 17.0. The van der Waals surface area contributed by atoms with Gasteiger partial charge in [0.2, 0.25) is 0 Å². The third kappa shape index (κ3) is 3.89. The number of rotatable bonds is 7. The van der Waals surface area contributed by atoms with Crippen LogP contribution in [-0.4, -0.2) is 77.4 Å². The first-order valence-corrected chi connectivity index (χ1v) is 8.02. The number of urea groups is 1. The molecule has 2 N–H and O–H groups in total. The van der Waals surface area contributed by atoms with Crippen LogP contribution in [0.4, 0.5) is 4.79 Å².